The number of dihydropyridines is 1. The Bertz CT molecular complexity index is 1360. The van der Waals surface area contributed by atoms with Gasteiger partial charge < -0.3 is 26.4 Å². The van der Waals surface area contributed by atoms with Crippen LogP contribution in [0.1, 0.15) is 56.6 Å². The van der Waals surface area contributed by atoms with Crippen LogP contribution < -0.4 is 16.4 Å². The molecule has 1 atom stereocenters. The maximum Gasteiger partial charge on any atom is 0.269 e. The third-order valence-corrected chi connectivity index (χ3v) is 8.20. The summed E-state index contributed by atoms with van der Waals surface area (Å²) in [7, 11) is 0. The second kappa shape index (κ2) is 12.8. The van der Waals surface area contributed by atoms with Gasteiger partial charge in [0.1, 0.15) is 0 Å². The summed E-state index contributed by atoms with van der Waals surface area (Å²) >= 11 is 5.99. The van der Waals surface area contributed by atoms with Crippen molar-refractivity contribution in [3.05, 3.63) is 97.3 Å². The molecule has 1 saturated heterocycles. The number of non-ortho nitro benzene ring substituents is 1. The van der Waals surface area contributed by atoms with E-state index in [1.54, 1.807) is 31.2 Å². The maximum absolute atomic E-state index is 13.6. The first-order valence-corrected chi connectivity index (χ1v) is 14.2. The molecule has 218 valence electrons. The van der Waals surface area contributed by atoms with Gasteiger partial charge in [-0.25, -0.2) is 0 Å². The van der Waals surface area contributed by atoms with Gasteiger partial charge in [0.25, 0.3) is 5.69 Å². The number of aliphatic hydroxyl groups is 1. The van der Waals surface area contributed by atoms with E-state index in [9.17, 15) is 24.8 Å². The van der Waals surface area contributed by atoms with Crippen molar-refractivity contribution >= 4 is 29.1 Å². The number of carbonyl (C=O) groups is 2. The number of amides is 2. The van der Waals surface area contributed by atoms with Crippen LogP contribution in [0.15, 0.2) is 71.1 Å². The first-order valence-electron chi connectivity index (χ1n) is 13.8. The number of nitrogens with two attached hydrogens (primary N) is 1. The van der Waals surface area contributed by atoms with Crippen molar-refractivity contribution < 1.29 is 19.6 Å². The van der Waals surface area contributed by atoms with Crippen molar-refractivity contribution in [3.63, 3.8) is 0 Å². The smallest absolute Gasteiger partial charge is 0.269 e. The van der Waals surface area contributed by atoms with Crippen LogP contribution in [0.3, 0.4) is 0 Å². The summed E-state index contributed by atoms with van der Waals surface area (Å²) in [4.78, 5) is 39.0. The van der Waals surface area contributed by atoms with Crippen LogP contribution in [0.25, 0.3) is 0 Å². The number of rotatable bonds is 10. The Morgan fingerprint density at radius 2 is 1.78 bits per heavy atom. The summed E-state index contributed by atoms with van der Waals surface area (Å²) in [6, 6.07) is 13.2. The van der Waals surface area contributed by atoms with Gasteiger partial charge >= 0.3 is 0 Å². The molecular weight excluding hydrogens is 546 g/mol. The molecule has 0 spiro atoms. The van der Waals surface area contributed by atoms with E-state index < -0.39 is 22.3 Å². The molecule has 2 amide bonds. The van der Waals surface area contributed by atoms with E-state index in [0.717, 1.165) is 25.2 Å². The summed E-state index contributed by atoms with van der Waals surface area (Å²) in [5.41, 5.74) is 8.10. The quantitative estimate of drug-likeness (QED) is 0.189. The number of allylic oxidation sites excluding steroid dienone is 2. The van der Waals surface area contributed by atoms with Gasteiger partial charge in [0.05, 0.1) is 10.5 Å². The number of nitro groups is 1. The van der Waals surface area contributed by atoms with Gasteiger partial charge in [-0.3, -0.25) is 19.7 Å². The lowest BCUT2D eigenvalue weighted by molar-refractivity contribution is -0.384. The van der Waals surface area contributed by atoms with Crippen molar-refractivity contribution in [2.75, 3.05) is 26.2 Å². The zero-order valence-electron chi connectivity index (χ0n) is 23.3. The van der Waals surface area contributed by atoms with E-state index in [-0.39, 0.29) is 17.2 Å². The number of hydrogen-bond donors (Lipinski definition) is 4. The summed E-state index contributed by atoms with van der Waals surface area (Å²) in [6.07, 6.45) is 2.43. The molecule has 5 N–H and O–H groups in total. The molecule has 2 aliphatic heterocycles. The third-order valence-electron chi connectivity index (χ3n) is 7.95. The molecule has 4 rings (SSSR count). The normalized spacial score (nSPS) is 19.1. The highest BCUT2D eigenvalue weighted by atomic mass is 35.5. The van der Waals surface area contributed by atoms with Gasteiger partial charge in [0, 0.05) is 65.2 Å². The zero-order chi connectivity index (χ0) is 29.7. The molecule has 0 aliphatic carbocycles. The van der Waals surface area contributed by atoms with E-state index in [2.05, 4.69) is 15.5 Å². The second-order valence-electron chi connectivity index (χ2n) is 10.5. The molecule has 2 heterocycles. The molecule has 0 saturated carbocycles. The van der Waals surface area contributed by atoms with E-state index in [1.807, 2.05) is 19.1 Å². The van der Waals surface area contributed by atoms with Crippen molar-refractivity contribution in [1.29, 1.82) is 0 Å². The number of carbonyl (C=O) groups excluding carboxylic acids is 2. The number of benzene rings is 2. The summed E-state index contributed by atoms with van der Waals surface area (Å²) in [5, 5.41) is 29.1. The first-order chi connectivity index (χ1) is 19.5. The highest BCUT2D eigenvalue weighted by Crippen LogP contribution is 2.39. The van der Waals surface area contributed by atoms with Crippen molar-refractivity contribution in [2.24, 2.45) is 5.73 Å². The number of nitrogens with one attached hydrogen (secondary N) is 2. The van der Waals surface area contributed by atoms with Gasteiger partial charge in [-0.1, -0.05) is 42.8 Å². The lowest BCUT2D eigenvalue weighted by Gasteiger charge is -2.38. The minimum atomic E-state index is -0.872. The van der Waals surface area contributed by atoms with E-state index in [1.165, 1.54) is 12.1 Å². The average molecular weight is 582 g/mol. The van der Waals surface area contributed by atoms with Crippen molar-refractivity contribution in [1.82, 2.24) is 15.5 Å². The molecule has 11 heteroatoms. The Kier molecular flexibility index (Phi) is 9.47. The fourth-order valence-electron chi connectivity index (χ4n) is 5.69. The monoisotopic (exact) mass is 581 g/mol. The molecule has 2 aromatic rings. The minimum Gasteiger partial charge on any atom is -0.385 e. The maximum atomic E-state index is 13.6. The predicted molar refractivity (Wildman–Crippen MR) is 157 cm³/mol. The lowest BCUT2D eigenvalue weighted by atomic mass is 9.79. The molecule has 2 aromatic carbocycles. The fraction of sp³-hybridized carbons (Fsp3) is 0.400. The lowest BCUT2D eigenvalue weighted by Crippen LogP contribution is -2.43. The molecule has 2 aliphatic rings. The Hall–Kier alpha value is -3.73. The Morgan fingerprint density at radius 3 is 2.34 bits per heavy atom. The fourth-order valence-corrected chi connectivity index (χ4v) is 5.81. The Balaban J connectivity index is 1.40. The van der Waals surface area contributed by atoms with Crippen LogP contribution in [0.4, 0.5) is 5.69 Å². The Morgan fingerprint density at radius 1 is 1.15 bits per heavy atom. The first kappa shape index (κ1) is 30.2. The van der Waals surface area contributed by atoms with Crippen LogP contribution in [0.5, 0.6) is 0 Å². The Labute approximate surface area is 244 Å². The molecule has 1 fully saturated rings. The number of halogens is 1. The van der Waals surface area contributed by atoms with Gasteiger partial charge in [0.15, 0.2) is 0 Å². The van der Waals surface area contributed by atoms with Gasteiger partial charge in [0.2, 0.25) is 11.8 Å². The van der Waals surface area contributed by atoms with Gasteiger partial charge in [-0.2, -0.15) is 0 Å². The predicted octanol–water partition coefficient (Wildman–Crippen LogP) is 3.85. The topological polar surface area (TPSA) is 151 Å². The highest BCUT2D eigenvalue weighted by molar-refractivity contribution is 6.30. The van der Waals surface area contributed by atoms with E-state index in [0.29, 0.717) is 59.8 Å². The average Bonchev–Trinajstić information content (AvgIpc) is 2.95. The highest BCUT2D eigenvalue weighted by Gasteiger charge is 2.37. The summed E-state index contributed by atoms with van der Waals surface area (Å²) < 4.78 is 0. The zero-order valence-corrected chi connectivity index (χ0v) is 24.0. The molecular formula is C30H36ClN5O5. The number of nitro benzene ring substituents is 1. The van der Waals surface area contributed by atoms with Crippen molar-refractivity contribution in [2.45, 2.75) is 51.0 Å². The standard InChI is InChI=1S/C30H36ClN5O5/c1-3-24-27(26(25(28(32)37)19(2)34-24)20-5-11-23(12-6-20)36(40)41)29(38)33-15-4-16-35-17-13-30(39,14-18-35)21-7-9-22(31)10-8-21/h5-12,26,34,39H,3-4,13-18H2,1-2H3,(H2,32,37)(H,33,38). The molecule has 41 heavy (non-hydrogen) atoms. The summed E-state index contributed by atoms with van der Waals surface area (Å²) in [6.45, 7) is 6.28. The van der Waals surface area contributed by atoms with Gasteiger partial charge in [-0.05, 0) is 62.4 Å². The third kappa shape index (κ3) is 6.78. The molecule has 10 nitrogen and oxygen atoms in total. The summed E-state index contributed by atoms with van der Waals surface area (Å²) in [5.74, 6) is -1.74. The number of primary amides is 1. The van der Waals surface area contributed by atoms with Crippen LogP contribution in [0, 0.1) is 10.1 Å². The minimum absolute atomic E-state index is 0.0842. The largest absolute Gasteiger partial charge is 0.385 e. The number of likely N-dealkylation sites (tertiary alicyclic amines) is 1. The van der Waals surface area contributed by atoms with Gasteiger partial charge in [-0.15, -0.1) is 0 Å². The second-order valence-corrected chi connectivity index (χ2v) is 11.0. The SMILES string of the molecule is CCC1=C(C(=O)NCCCN2CCC(O)(c3ccc(Cl)cc3)CC2)C(c2ccc([N+](=O)[O-])cc2)C(C(N)=O)=C(C)N1. The van der Waals surface area contributed by atoms with E-state index in [4.69, 9.17) is 17.3 Å². The van der Waals surface area contributed by atoms with Crippen molar-refractivity contribution in [3.8, 4) is 0 Å². The molecule has 0 radical (unpaired) electrons. The number of piperidine rings is 1. The molecule has 0 aromatic heterocycles. The van der Waals surface area contributed by atoms with Crippen LogP contribution in [0.2, 0.25) is 5.02 Å². The van der Waals surface area contributed by atoms with Crippen LogP contribution >= 0.6 is 11.6 Å². The van der Waals surface area contributed by atoms with Crippen LogP contribution in [-0.2, 0) is 15.2 Å². The number of nitrogens with zero attached hydrogens (tertiary/aromatic N) is 2. The molecule has 1 unspecified atom stereocenters. The molecule has 0 bridgehead atoms. The number of hydrogen-bond acceptors (Lipinski definition) is 7. The van der Waals surface area contributed by atoms with E-state index >= 15 is 0 Å². The van der Waals surface area contributed by atoms with Crippen LogP contribution in [-0.4, -0.2) is 52.9 Å².